The van der Waals surface area contributed by atoms with Crippen molar-refractivity contribution in [2.24, 2.45) is 0 Å². The number of amides is 1. The molecular formula is C35H31F3N2O4. The summed E-state index contributed by atoms with van der Waals surface area (Å²) in [6, 6.07) is 22.8. The molecule has 1 heterocycles. The van der Waals surface area contributed by atoms with Crippen LogP contribution >= 0.6 is 0 Å². The van der Waals surface area contributed by atoms with Gasteiger partial charge < -0.3 is 19.7 Å². The second kappa shape index (κ2) is 11.9. The van der Waals surface area contributed by atoms with Gasteiger partial charge in [0.2, 0.25) is 0 Å². The molecule has 0 spiro atoms. The molecule has 1 amide bonds. The molecule has 0 bridgehead atoms. The third-order valence-corrected chi connectivity index (χ3v) is 8.04. The van der Waals surface area contributed by atoms with Crippen molar-refractivity contribution in [3.8, 4) is 16.9 Å². The molecule has 0 saturated heterocycles. The summed E-state index contributed by atoms with van der Waals surface area (Å²) in [5.74, 6) is -1.29. The van der Waals surface area contributed by atoms with Gasteiger partial charge in [-0.05, 0) is 79.4 Å². The summed E-state index contributed by atoms with van der Waals surface area (Å²) in [5.41, 5.74) is 5.81. The number of carboxylic acid groups (broad SMARTS) is 1. The zero-order valence-corrected chi connectivity index (χ0v) is 24.6. The molecule has 4 aromatic carbocycles. The van der Waals surface area contributed by atoms with Gasteiger partial charge in [-0.2, -0.15) is 13.2 Å². The van der Waals surface area contributed by atoms with E-state index in [9.17, 15) is 27.9 Å². The molecule has 6 nitrogen and oxygen atoms in total. The highest BCUT2D eigenvalue weighted by molar-refractivity contribution is 5.99. The number of aromatic nitrogens is 1. The van der Waals surface area contributed by atoms with Crippen molar-refractivity contribution in [2.45, 2.75) is 39.5 Å². The summed E-state index contributed by atoms with van der Waals surface area (Å²) in [7, 11) is 1.30. The molecule has 0 saturated carbocycles. The van der Waals surface area contributed by atoms with E-state index in [4.69, 9.17) is 4.74 Å². The van der Waals surface area contributed by atoms with Crippen LogP contribution < -0.4 is 10.1 Å². The molecular weight excluding hydrogens is 569 g/mol. The molecule has 9 heteroatoms. The zero-order chi connectivity index (χ0) is 31.8. The molecule has 0 unspecified atom stereocenters. The highest BCUT2D eigenvalue weighted by atomic mass is 19.4. The third kappa shape index (κ3) is 5.90. The Kier molecular flexibility index (Phi) is 8.23. The van der Waals surface area contributed by atoms with Crippen LogP contribution in [0, 0.1) is 13.8 Å². The monoisotopic (exact) mass is 600 g/mol. The Morgan fingerprint density at radius 1 is 0.955 bits per heavy atom. The van der Waals surface area contributed by atoms with E-state index in [1.165, 1.54) is 13.2 Å². The van der Waals surface area contributed by atoms with Crippen molar-refractivity contribution in [1.82, 2.24) is 9.88 Å². The highest BCUT2D eigenvalue weighted by Crippen LogP contribution is 2.35. The van der Waals surface area contributed by atoms with Gasteiger partial charge in [-0.1, -0.05) is 48.5 Å². The fraction of sp³-hybridized carbons (Fsp3) is 0.200. The van der Waals surface area contributed by atoms with Crippen LogP contribution in [0.2, 0.25) is 0 Å². The third-order valence-electron chi connectivity index (χ3n) is 8.04. The fourth-order valence-corrected chi connectivity index (χ4v) is 5.49. The largest absolute Gasteiger partial charge is 0.496 e. The maximum Gasteiger partial charge on any atom is 0.416 e. The number of carboxylic acids is 1. The number of rotatable bonds is 8. The van der Waals surface area contributed by atoms with Crippen molar-refractivity contribution in [1.29, 1.82) is 0 Å². The molecule has 0 aliphatic rings. The SMILES string of the molecule is COc1cc(C(F)(F)F)ccc1[C@@H](C)NC(=O)c1ccc2c(c1)c(C)c(C)n2Cc1ccc(-c2ccccc2C(=O)O)cc1. The van der Waals surface area contributed by atoms with Crippen molar-refractivity contribution in [2.75, 3.05) is 7.11 Å². The van der Waals surface area contributed by atoms with Crippen LogP contribution in [0.3, 0.4) is 0 Å². The quantitative estimate of drug-likeness (QED) is 0.188. The highest BCUT2D eigenvalue weighted by Gasteiger charge is 2.32. The van der Waals surface area contributed by atoms with Crippen molar-refractivity contribution in [3.63, 3.8) is 0 Å². The Bertz CT molecular complexity index is 1870. The lowest BCUT2D eigenvalue weighted by Gasteiger charge is -2.19. The number of halogens is 3. The molecule has 2 N–H and O–H groups in total. The second-order valence-electron chi connectivity index (χ2n) is 10.7. The molecule has 226 valence electrons. The van der Waals surface area contributed by atoms with E-state index in [2.05, 4.69) is 9.88 Å². The normalized spacial score (nSPS) is 12.2. The van der Waals surface area contributed by atoms with E-state index in [1.54, 1.807) is 31.2 Å². The first-order valence-electron chi connectivity index (χ1n) is 14.0. The van der Waals surface area contributed by atoms with Crippen LogP contribution in [0.25, 0.3) is 22.0 Å². The van der Waals surface area contributed by atoms with Crippen LogP contribution in [-0.2, 0) is 12.7 Å². The number of fused-ring (bicyclic) bond motifs is 1. The number of hydrogen-bond acceptors (Lipinski definition) is 3. The number of benzene rings is 4. The number of methoxy groups -OCH3 is 1. The van der Waals surface area contributed by atoms with E-state index in [0.717, 1.165) is 45.4 Å². The van der Waals surface area contributed by atoms with Crippen LogP contribution in [0.1, 0.15) is 61.6 Å². The molecule has 5 rings (SSSR count). The molecule has 1 atom stereocenters. The Morgan fingerprint density at radius 2 is 1.66 bits per heavy atom. The lowest BCUT2D eigenvalue weighted by molar-refractivity contribution is -0.137. The average Bonchev–Trinajstić information content (AvgIpc) is 3.24. The Balaban J connectivity index is 1.37. The lowest BCUT2D eigenvalue weighted by atomic mass is 9.99. The van der Waals surface area contributed by atoms with Crippen molar-refractivity contribution >= 4 is 22.8 Å². The molecule has 0 aliphatic carbocycles. The van der Waals surface area contributed by atoms with Gasteiger partial charge >= 0.3 is 12.1 Å². The molecule has 5 aromatic rings. The smallest absolute Gasteiger partial charge is 0.416 e. The Morgan fingerprint density at radius 3 is 2.32 bits per heavy atom. The van der Waals surface area contributed by atoms with Gasteiger partial charge in [-0.25, -0.2) is 4.79 Å². The van der Waals surface area contributed by atoms with E-state index in [-0.39, 0.29) is 17.2 Å². The van der Waals surface area contributed by atoms with Crippen LogP contribution in [0.4, 0.5) is 13.2 Å². The van der Waals surface area contributed by atoms with Gasteiger partial charge in [-0.3, -0.25) is 4.79 Å². The van der Waals surface area contributed by atoms with E-state index in [0.29, 0.717) is 23.2 Å². The van der Waals surface area contributed by atoms with E-state index >= 15 is 0 Å². The van der Waals surface area contributed by atoms with Crippen LogP contribution in [0.5, 0.6) is 5.75 Å². The van der Waals surface area contributed by atoms with Crippen LogP contribution in [0.15, 0.2) is 84.9 Å². The predicted molar refractivity (Wildman–Crippen MR) is 163 cm³/mol. The maximum atomic E-state index is 13.2. The van der Waals surface area contributed by atoms with E-state index in [1.807, 2.05) is 56.3 Å². The van der Waals surface area contributed by atoms with E-state index < -0.39 is 23.8 Å². The maximum absolute atomic E-state index is 13.2. The van der Waals surface area contributed by atoms with Gasteiger partial charge in [0.05, 0.1) is 24.3 Å². The van der Waals surface area contributed by atoms with Gasteiger partial charge in [0.25, 0.3) is 5.91 Å². The first-order chi connectivity index (χ1) is 20.9. The molecule has 44 heavy (non-hydrogen) atoms. The summed E-state index contributed by atoms with van der Waals surface area (Å²) in [4.78, 5) is 24.9. The summed E-state index contributed by atoms with van der Waals surface area (Å²) in [6.45, 7) is 6.29. The number of aryl methyl sites for hydroxylation is 1. The number of carbonyl (C=O) groups is 2. The zero-order valence-electron chi connectivity index (χ0n) is 24.6. The molecule has 0 radical (unpaired) electrons. The number of carbonyl (C=O) groups excluding carboxylic acids is 1. The predicted octanol–water partition coefficient (Wildman–Crippen LogP) is 8.19. The first-order valence-corrected chi connectivity index (χ1v) is 14.0. The summed E-state index contributed by atoms with van der Waals surface area (Å²) >= 11 is 0. The van der Waals surface area contributed by atoms with Crippen molar-refractivity contribution < 1.29 is 32.6 Å². The van der Waals surface area contributed by atoms with Crippen LogP contribution in [-0.4, -0.2) is 28.7 Å². The minimum Gasteiger partial charge on any atom is -0.496 e. The Hall–Kier alpha value is -5.05. The lowest BCUT2D eigenvalue weighted by Crippen LogP contribution is -2.27. The summed E-state index contributed by atoms with van der Waals surface area (Å²) in [5, 5.41) is 13.3. The second-order valence-corrected chi connectivity index (χ2v) is 10.7. The minimum atomic E-state index is -4.50. The molecule has 1 aromatic heterocycles. The Labute approximate surface area is 252 Å². The standard InChI is InChI=1S/C35H31F3N2O4/c1-20-22(3)40(19-23-9-11-24(12-10-23)28-7-5-6-8-29(28)34(42)43)31-16-13-25(17-30(20)31)33(41)39-21(2)27-15-14-26(35(36,37)38)18-32(27)44-4/h5-18,21H,19H2,1-4H3,(H,39,41)(H,42,43)/t21-/m1/s1. The van der Waals surface area contributed by atoms with Gasteiger partial charge in [0.15, 0.2) is 0 Å². The summed E-state index contributed by atoms with van der Waals surface area (Å²) in [6.07, 6.45) is -4.50. The van der Waals surface area contributed by atoms with Gasteiger partial charge in [0, 0.05) is 34.3 Å². The van der Waals surface area contributed by atoms with Gasteiger partial charge in [-0.15, -0.1) is 0 Å². The number of ether oxygens (including phenoxy) is 1. The number of hydrogen-bond donors (Lipinski definition) is 2. The average molecular weight is 601 g/mol. The number of nitrogens with zero attached hydrogens (tertiary/aromatic N) is 1. The molecule has 0 fully saturated rings. The first kappa shape index (κ1) is 30.4. The topological polar surface area (TPSA) is 80.6 Å². The minimum absolute atomic E-state index is 0.0470. The summed E-state index contributed by atoms with van der Waals surface area (Å²) < 4.78 is 46.8. The number of aromatic carboxylic acids is 1. The number of nitrogens with one attached hydrogen (secondary N) is 1. The fourth-order valence-electron chi connectivity index (χ4n) is 5.49. The molecule has 0 aliphatic heterocycles. The van der Waals surface area contributed by atoms with Crippen molar-refractivity contribution in [3.05, 3.63) is 124 Å². The van der Waals surface area contributed by atoms with Gasteiger partial charge in [0.1, 0.15) is 5.75 Å². The number of alkyl halides is 3.